The van der Waals surface area contributed by atoms with Crippen LogP contribution in [-0.2, 0) is 32.7 Å². The summed E-state index contributed by atoms with van der Waals surface area (Å²) in [4.78, 5) is 35.4. The molecular weight excluding hydrogens is 737 g/mol. The van der Waals surface area contributed by atoms with Crippen molar-refractivity contribution in [2.75, 3.05) is 47.5 Å². The highest BCUT2D eigenvalue weighted by Crippen LogP contribution is 2.43. The second kappa shape index (κ2) is 40.4. The summed E-state index contributed by atoms with van der Waals surface area (Å²) in [5, 5.41) is 0. The monoisotopic (exact) mass is 833 g/mol. The van der Waals surface area contributed by atoms with Gasteiger partial charge in [-0.3, -0.25) is 18.6 Å². The first-order valence-electron chi connectivity index (χ1n) is 24.3. The molecular formula is C47H95NO8P+. The third kappa shape index (κ3) is 44.4. The largest absolute Gasteiger partial charge is 0.472 e. The van der Waals surface area contributed by atoms with Gasteiger partial charge in [0.05, 0.1) is 27.7 Å². The van der Waals surface area contributed by atoms with Gasteiger partial charge in [0.25, 0.3) is 0 Å². The van der Waals surface area contributed by atoms with Crippen LogP contribution in [0.15, 0.2) is 0 Å². The molecule has 0 heterocycles. The van der Waals surface area contributed by atoms with E-state index < -0.39 is 26.5 Å². The Morgan fingerprint density at radius 3 is 1.12 bits per heavy atom. The van der Waals surface area contributed by atoms with Crippen molar-refractivity contribution >= 4 is 19.8 Å². The van der Waals surface area contributed by atoms with Gasteiger partial charge >= 0.3 is 19.8 Å². The summed E-state index contributed by atoms with van der Waals surface area (Å²) in [6.07, 6.45) is 41.4. The van der Waals surface area contributed by atoms with Crippen LogP contribution in [0.4, 0.5) is 0 Å². The van der Waals surface area contributed by atoms with Gasteiger partial charge in [0.15, 0.2) is 6.10 Å². The molecule has 0 aliphatic carbocycles. The molecule has 9 nitrogen and oxygen atoms in total. The summed E-state index contributed by atoms with van der Waals surface area (Å²) in [6.45, 7) is 4.48. The van der Waals surface area contributed by atoms with Gasteiger partial charge in [0.2, 0.25) is 0 Å². The molecule has 57 heavy (non-hydrogen) atoms. The van der Waals surface area contributed by atoms with Crippen molar-refractivity contribution in [3.05, 3.63) is 0 Å². The Morgan fingerprint density at radius 2 is 0.789 bits per heavy atom. The molecule has 0 radical (unpaired) electrons. The third-order valence-corrected chi connectivity index (χ3v) is 11.9. The van der Waals surface area contributed by atoms with Crippen molar-refractivity contribution in [2.45, 2.75) is 245 Å². The Balaban J connectivity index is 4.24. The van der Waals surface area contributed by atoms with Crippen molar-refractivity contribution in [1.82, 2.24) is 0 Å². The molecule has 340 valence electrons. The lowest BCUT2D eigenvalue weighted by molar-refractivity contribution is -0.870. The Kier molecular flexibility index (Phi) is 39.7. The lowest BCUT2D eigenvalue weighted by atomic mass is 10.0. The second-order valence-electron chi connectivity index (χ2n) is 17.9. The predicted molar refractivity (Wildman–Crippen MR) is 238 cm³/mol. The summed E-state index contributed by atoms with van der Waals surface area (Å²) >= 11 is 0. The van der Waals surface area contributed by atoms with Crippen molar-refractivity contribution in [3.63, 3.8) is 0 Å². The average Bonchev–Trinajstić information content (AvgIpc) is 3.16. The smallest absolute Gasteiger partial charge is 0.462 e. The van der Waals surface area contributed by atoms with E-state index in [0.717, 1.165) is 38.5 Å². The SMILES string of the molecule is CCCCCCCCCCCCCCCCCCCCC(=O)OC[C@H](COP(=O)(O)OCC[N+](C)(C)C)OC(=O)CCCCCCCCCCCCCCCCC. The molecule has 1 N–H and O–H groups in total. The highest BCUT2D eigenvalue weighted by Gasteiger charge is 2.27. The van der Waals surface area contributed by atoms with E-state index in [4.69, 9.17) is 18.5 Å². The topological polar surface area (TPSA) is 108 Å². The fraction of sp³-hybridized carbons (Fsp3) is 0.957. The molecule has 0 spiro atoms. The molecule has 0 saturated heterocycles. The zero-order valence-electron chi connectivity index (χ0n) is 38.4. The first kappa shape index (κ1) is 56.0. The van der Waals surface area contributed by atoms with Gasteiger partial charge in [-0.25, -0.2) is 4.57 Å². The molecule has 0 fully saturated rings. The summed E-state index contributed by atoms with van der Waals surface area (Å²) in [5.41, 5.74) is 0. The standard InChI is InChI=1S/C47H94NO8P/c1-6-8-10-12-14-16-18-20-22-23-24-26-27-29-31-33-35-37-39-46(49)53-43-45(44-55-57(51,52)54-42-41-48(3,4)5)56-47(50)40-38-36-34-32-30-28-25-21-19-17-15-13-11-9-7-2/h45H,6-44H2,1-5H3/p+1/t45-/m1/s1. The van der Waals surface area contributed by atoms with E-state index in [1.54, 1.807) is 0 Å². The summed E-state index contributed by atoms with van der Waals surface area (Å²) in [6, 6.07) is 0. The molecule has 2 atom stereocenters. The highest BCUT2D eigenvalue weighted by molar-refractivity contribution is 7.47. The van der Waals surface area contributed by atoms with E-state index in [0.29, 0.717) is 17.4 Å². The number of phosphoric ester groups is 1. The lowest BCUT2D eigenvalue weighted by Crippen LogP contribution is -2.37. The van der Waals surface area contributed by atoms with E-state index in [-0.39, 0.29) is 25.6 Å². The van der Waals surface area contributed by atoms with Crippen molar-refractivity contribution in [1.29, 1.82) is 0 Å². The van der Waals surface area contributed by atoms with Crippen LogP contribution in [-0.4, -0.2) is 74.9 Å². The number of rotatable bonds is 45. The molecule has 0 aliphatic rings. The van der Waals surface area contributed by atoms with Gasteiger partial charge < -0.3 is 18.9 Å². The number of phosphoric acid groups is 1. The average molecular weight is 833 g/mol. The van der Waals surface area contributed by atoms with E-state index in [2.05, 4.69) is 13.8 Å². The fourth-order valence-corrected chi connectivity index (χ4v) is 7.82. The molecule has 0 aliphatic heterocycles. The number of nitrogens with zero attached hydrogens (tertiary/aromatic N) is 1. The van der Waals surface area contributed by atoms with Gasteiger partial charge in [-0.2, -0.15) is 0 Å². The Hall–Kier alpha value is -0.990. The minimum Gasteiger partial charge on any atom is -0.462 e. The van der Waals surface area contributed by atoms with E-state index in [1.807, 2.05) is 21.1 Å². The minimum absolute atomic E-state index is 0.0370. The van der Waals surface area contributed by atoms with Crippen LogP contribution in [0.2, 0.25) is 0 Å². The second-order valence-corrected chi connectivity index (χ2v) is 19.3. The molecule has 0 aromatic carbocycles. The number of likely N-dealkylation sites (N-methyl/N-ethyl adjacent to an activating group) is 1. The highest BCUT2D eigenvalue weighted by atomic mass is 31.2. The first-order chi connectivity index (χ1) is 27.5. The van der Waals surface area contributed by atoms with E-state index in [9.17, 15) is 19.0 Å². The zero-order valence-corrected chi connectivity index (χ0v) is 39.2. The first-order valence-corrected chi connectivity index (χ1v) is 25.8. The Morgan fingerprint density at radius 1 is 0.474 bits per heavy atom. The summed E-state index contributed by atoms with van der Waals surface area (Å²) < 4.78 is 34.4. The lowest BCUT2D eigenvalue weighted by Gasteiger charge is -2.24. The molecule has 0 aromatic rings. The quantitative estimate of drug-likeness (QED) is 0.0280. The van der Waals surface area contributed by atoms with E-state index >= 15 is 0 Å². The number of carbonyl (C=O) groups excluding carboxylic acids is 2. The van der Waals surface area contributed by atoms with Gasteiger partial charge in [0, 0.05) is 12.8 Å². The molecule has 0 saturated carbocycles. The number of hydrogen-bond donors (Lipinski definition) is 1. The van der Waals surface area contributed by atoms with Crippen LogP contribution >= 0.6 is 7.82 Å². The maximum Gasteiger partial charge on any atom is 0.472 e. The number of quaternary nitrogens is 1. The number of esters is 2. The number of ether oxygens (including phenoxy) is 2. The maximum absolute atomic E-state index is 12.7. The van der Waals surface area contributed by atoms with Crippen molar-refractivity contribution in [2.24, 2.45) is 0 Å². The molecule has 0 rings (SSSR count). The van der Waals surface area contributed by atoms with Crippen LogP contribution in [0.5, 0.6) is 0 Å². The zero-order chi connectivity index (χ0) is 42.1. The predicted octanol–water partition coefficient (Wildman–Crippen LogP) is 14.0. The van der Waals surface area contributed by atoms with Crippen molar-refractivity contribution in [3.8, 4) is 0 Å². The molecule has 1 unspecified atom stereocenters. The van der Waals surface area contributed by atoms with Gasteiger partial charge in [-0.05, 0) is 12.8 Å². The number of unbranched alkanes of at least 4 members (excludes halogenated alkanes) is 31. The maximum atomic E-state index is 12.7. The third-order valence-electron chi connectivity index (χ3n) is 10.9. The normalized spacial score (nSPS) is 13.4. The van der Waals surface area contributed by atoms with Crippen LogP contribution in [0.3, 0.4) is 0 Å². The fourth-order valence-electron chi connectivity index (χ4n) is 7.08. The molecule has 0 aromatic heterocycles. The Bertz CT molecular complexity index is 943. The van der Waals surface area contributed by atoms with Gasteiger partial charge in [-0.1, -0.05) is 213 Å². The van der Waals surface area contributed by atoms with Crippen LogP contribution < -0.4 is 0 Å². The molecule has 0 amide bonds. The molecule has 0 bridgehead atoms. The minimum atomic E-state index is -4.37. The Labute approximate surface area is 353 Å². The van der Waals surface area contributed by atoms with Crippen LogP contribution in [0.1, 0.15) is 239 Å². The van der Waals surface area contributed by atoms with Crippen molar-refractivity contribution < 1.29 is 42.1 Å². The molecule has 10 heteroatoms. The van der Waals surface area contributed by atoms with Crippen LogP contribution in [0.25, 0.3) is 0 Å². The number of hydrogen-bond acceptors (Lipinski definition) is 7. The van der Waals surface area contributed by atoms with Gasteiger partial charge in [0.1, 0.15) is 19.8 Å². The van der Waals surface area contributed by atoms with E-state index in [1.165, 1.54) is 173 Å². The van der Waals surface area contributed by atoms with Crippen LogP contribution in [0, 0.1) is 0 Å². The summed E-state index contributed by atoms with van der Waals surface area (Å²) in [5.74, 6) is -0.780. The summed E-state index contributed by atoms with van der Waals surface area (Å²) in [7, 11) is 1.50. The van der Waals surface area contributed by atoms with Gasteiger partial charge in [-0.15, -0.1) is 0 Å². The number of carbonyl (C=O) groups is 2.